The zero-order valence-electron chi connectivity index (χ0n) is 31.9. The number of halogens is 2. The third kappa shape index (κ3) is 8.90. The van der Waals surface area contributed by atoms with Crippen molar-refractivity contribution in [2.24, 2.45) is 7.05 Å². The number of H-pyrrole nitrogens is 1. The Morgan fingerprint density at radius 2 is 1.80 bits per heavy atom. The summed E-state index contributed by atoms with van der Waals surface area (Å²) in [6, 6.07) is 15.0. The first-order chi connectivity index (χ1) is 26.5. The van der Waals surface area contributed by atoms with Crippen LogP contribution in [0.15, 0.2) is 53.3 Å². The van der Waals surface area contributed by atoms with Gasteiger partial charge in [0, 0.05) is 88.9 Å². The summed E-state index contributed by atoms with van der Waals surface area (Å²) < 4.78 is 9.49. The summed E-state index contributed by atoms with van der Waals surface area (Å²) in [4.78, 5) is 36.9. The van der Waals surface area contributed by atoms with Crippen molar-refractivity contribution in [1.29, 1.82) is 0 Å². The van der Waals surface area contributed by atoms with Crippen LogP contribution in [-0.2, 0) is 29.4 Å². The predicted molar refractivity (Wildman–Crippen MR) is 219 cm³/mol. The minimum Gasteiger partial charge on any atom is -0.508 e. The summed E-state index contributed by atoms with van der Waals surface area (Å²) in [6.07, 6.45) is 2.63. The van der Waals surface area contributed by atoms with Gasteiger partial charge in [0.1, 0.15) is 17.3 Å². The van der Waals surface area contributed by atoms with Crippen molar-refractivity contribution < 1.29 is 19.7 Å². The highest BCUT2D eigenvalue weighted by atomic mass is 35.5. The van der Waals surface area contributed by atoms with Crippen LogP contribution < -0.4 is 15.5 Å². The van der Waals surface area contributed by atoms with Crippen molar-refractivity contribution >= 4 is 51.5 Å². The lowest BCUT2D eigenvalue weighted by molar-refractivity contribution is -0.130. The largest absolute Gasteiger partial charge is 0.508 e. The van der Waals surface area contributed by atoms with Crippen LogP contribution in [0.2, 0.25) is 0 Å². The van der Waals surface area contributed by atoms with Crippen LogP contribution in [0.5, 0.6) is 11.5 Å². The number of nitrogens with one attached hydrogen (secondary N) is 1. The highest BCUT2D eigenvalue weighted by molar-refractivity contribution is 6.18. The Morgan fingerprint density at radius 3 is 2.55 bits per heavy atom. The number of aromatic nitrogens is 5. The molecule has 294 valence electrons. The number of alkyl halides is 2. The number of anilines is 2. The van der Waals surface area contributed by atoms with Gasteiger partial charge in [-0.2, -0.15) is 5.10 Å². The summed E-state index contributed by atoms with van der Waals surface area (Å²) in [7, 11) is 3.82. The number of phenols is 2. The van der Waals surface area contributed by atoms with E-state index in [1.54, 1.807) is 11.0 Å². The SMILES string of the molecule is CC(C)c1cc(-c2n[nH]c(=O)n2-c2ccc3c(c2)CCN3CCOCCN(C)C(=O)CCCc2nc3cc(N(CCCl)CCCl)ccc3n2C)c(O)cc1O. The molecule has 6 rings (SSSR count). The van der Waals surface area contributed by atoms with E-state index in [0.29, 0.717) is 87.2 Å². The predicted octanol–water partition coefficient (Wildman–Crippen LogP) is 5.79. The Morgan fingerprint density at radius 1 is 1.02 bits per heavy atom. The Kier molecular flexibility index (Phi) is 12.9. The highest BCUT2D eigenvalue weighted by Gasteiger charge is 2.23. The fourth-order valence-electron chi connectivity index (χ4n) is 7.20. The van der Waals surface area contributed by atoms with Gasteiger partial charge in [0.15, 0.2) is 5.82 Å². The number of ether oxygens (including phenoxy) is 1. The molecule has 0 spiro atoms. The van der Waals surface area contributed by atoms with Gasteiger partial charge in [-0.05, 0) is 72.4 Å². The van der Waals surface area contributed by atoms with Crippen molar-refractivity contribution in [3.63, 3.8) is 0 Å². The molecule has 0 unspecified atom stereocenters. The monoisotopic (exact) mass is 792 g/mol. The number of hydrogen-bond acceptors (Lipinski definition) is 9. The van der Waals surface area contributed by atoms with E-state index in [1.165, 1.54) is 10.6 Å². The average Bonchev–Trinajstić information content (AvgIpc) is 3.84. The van der Waals surface area contributed by atoms with Crippen LogP contribution in [0.4, 0.5) is 11.4 Å². The van der Waals surface area contributed by atoms with E-state index in [-0.39, 0.29) is 29.1 Å². The topological polar surface area (TPSA) is 145 Å². The van der Waals surface area contributed by atoms with Crippen molar-refractivity contribution in [3.05, 3.63) is 76.0 Å². The van der Waals surface area contributed by atoms with Gasteiger partial charge in [-0.25, -0.2) is 19.4 Å². The number of fused-ring (bicyclic) bond motifs is 2. The lowest BCUT2D eigenvalue weighted by Gasteiger charge is -2.22. The molecule has 1 aliphatic rings. The lowest BCUT2D eigenvalue weighted by Crippen LogP contribution is -2.31. The number of aromatic amines is 1. The summed E-state index contributed by atoms with van der Waals surface area (Å²) in [5.74, 6) is 2.16. The number of aromatic hydroxyl groups is 2. The smallest absolute Gasteiger partial charge is 0.348 e. The van der Waals surface area contributed by atoms with Gasteiger partial charge in [-0.15, -0.1) is 23.2 Å². The number of hydrogen-bond donors (Lipinski definition) is 3. The van der Waals surface area contributed by atoms with E-state index in [4.69, 9.17) is 32.9 Å². The second-order valence-corrected chi connectivity index (χ2v) is 15.0. The van der Waals surface area contributed by atoms with E-state index < -0.39 is 5.69 Å². The molecule has 3 aromatic carbocycles. The first kappa shape index (κ1) is 40.0. The second kappa shape index (κ2) is 17.8. The van der Waals surface area contributed by atoms with Gasteiger partial charge in [0.2, 0.25) is 5.91 Å². The van der Waals surface area contributed by atoms with Crippen LogP contribution in [0.1, 0.15) is 49.6 Å². The molecule has 55 heavy (non-hydrogen) atoms. The molecule has 1 aliphatic heterocycles. The molecule has 2 aromatic heterocycles. The molecule has 0 saturated heterocycles. The van der Waals surface area contributed by atoms with Crippen LogP contribution >= 0.6 is 23.2 Å². The van der Waals surface area contributed by atoms with Crippen LogP contribution in [0.25, 0.3) is 28.1 Å². The summed E-state index contributed by atoms with van der Waals surface area (Å²) in [5, 5.41) is 27.7. The molecule has 0 bridgehead atoms. The average molecular weight is 794 g/mol. The number of likely N-dealkylation sites (N-methyl/N-ethyl adjacent to an activating group) is 1. The molecule has 5 aromatic rings. The number of carbonyl (C=O) groups excluding carboxylic acids is 1. The van der Waals surface area contributed by atoms with Crippen molar-refractivity contribution in [3.8, 4) is 28.6 Å². The van der Waals surface area contributed by atoms with Crippen molar-refractivity contribution in [1.82, 2.24) is 29.2 Å². The number of phenolic OH excluding ortho intramolecular Hbond substituents is 2. The maximum atomic E-state index is 12.9. The Labute approximate surface area is 331 Å². The number of imidazole rings is 1. The number of rotatable bonds is 18. The number of benzene rings is 3. The van der Waals surface area contributed by atoms with Gasteiger partial charge in [0.25, 0.3) is 0 Å². The Balaban J connectivity index is 0.965. The summed E-state index contributed by atoms with van der Waals surface area (Å²) in [5.41, 5.74) is 6.40. The van der Waals surface area contributed by atoms with Crippen molar-refractivity contribution in [2.45, 2.75) is 45.4 Å². The lowest BCUT2D eigenvalue weighted by atomic mass is 9.98. The highest BCUT2D eigenvalue weighted by Crippen LogP contribution is 2.38. The van der Waals surface area contributed by atoms with Crippen LogP contribution in [-0.4, -0.2) is 110 Å². The number of nitrogens with zero attached hydrogens (tertiary/aromatic N) is 7. The molecule has 13 nitrogen and oxygen atoms in total. The summed E-state index contributed by atoms with van der Waals surface area (Å²) in [6.45, 7) is 8.28. The fourth-order valence-corrected chi connectivity index (χ4v) is 7.61. The number of carbonyl (C=O) groups is 1. The van der Waals surface area contributed by atoms with E-state index in [0.717, 1.165) is 46.8 Å². The van der Waals surface area contributed by atoms with E-state index in [9.17, 15) is 19.8 Å². The van der Waals surface area contributed by atoms with Gasteiger partial charge in [-0.3, -0.25) is 4.79 Å². The molecular formula is C40H50Cl2N8O5. The molecule has 15 heteroatoms. The molecule has 0 saturated carbocycles. The Bertz CT molecular complexity index is 2170. The molecule has 0 fully saturated rings. The zero-order valence-corrected chi connectivity index (χ0v) is 33.4. The van der Waals surface area contributed by atoms with Crippen molar-refractivity contribution in [2.75, 3.05) is 74.5 Å². The van der Waals surface area contributed by atoms with E-state index >= 15 is 0 Å². The number of amides is 1. The molecular weight excluding hydrogens is 743 g/mol. The summed E-state index contributed by atoms with van der Waals surface area (Å²) >= 11 is 12.0. The quantitative estimate of drug-likeness (QED) is 0.0742. The maximum Gasteiger partial charge on any atom is 0.348 e. The molecule has 1 amide bonds. The minimum atomic E-state index is -0.425. The van der Waals surface area contributed by atoms with Gasteiger partial charge in [-0.1, -0.05) is 13.8 Å². The molecule has 3 N–H and O–H groups in total. The van der Waals surface area contributed by atoms with Crippen LogP contribution in [0.3, 0.4) is 0 Å². The zero-order chi connectivity index (χ0) is 39.2. The normalized spacial score (nSPS) is 12.6. The molecule has 0 radical (unpaired) electrons. The van der Waals surface area contributed by atoms with E-state index in [2.05, 4.69) is 42.8 Å². The third-order valence-corrected chi connectivity index (χ3v) is 10.7. The minimum absolute atomic E-state index is 0.00338. The van der Waals surface area contributed by atoms with E-state index in [1.807, 2.05) is 46.1 Å². The van der Waals surface area contributed by atoms with Gasteiger partial charge >= 0.3 is 5.69 Å². The first-order valence-corrected chi connectivity index (χ1v) is 19.8. The second-order valence-electron chi connectivity index (χ2n) is 14.2. The standard InChI is InChI=1S/C40H50Cl2N8O5/c1-26(2)30-24-31(36(52)25-35(30)51)39-44-45-40(54)50(39)29-9-10-33-27(22-29)12-15-49(33)19-21-55-20-18-46(3)38(53)7-5-6-37-43-32-23-28(8-11-34(32)47(37)4)48(16-13-41)17-14-42/h8-11,22-26,51-52H,5-7,12-21H2,1-4H3,(H,45,54). The first-order valence-electron chi connectivity index (χ1n) is 18.8. The molecule has 0 atom stereocenters. The Hall–Kier alpha value is -4.72. The molecule has 0 aliphatic carbocycles. The number of aryl methyl sites for hydroxylation is 2. The van der Waals surface area contributed by atoms with Gasteiger partial charge < -0.3 is 34.2 Å². The fraction of sp³-hybridized carbons (Fsp3) is 0.450. The third-order valence-electron chi connectivity index (χ3n) is 10.3. The molecule has 3 heterocycles. The maximum absolute atomic E-state index is 12.9. The van der Waals surface area contributed by atoms with Gasteiger partial charge in [0.05, 0.1) is 35.5 Å². The van der Waals surface area contributed by atoms with Crippen LogP contribution in [0, 0.1) is 0 Å².